The third-order valence-corrected chi connectivity index (χ3v) is 8.96. The summed E-state index contributed by atoms with van der Waals surface area (Å²) in [6.45, 7) is 2.40. The molecule has 6 rings (SSSR count). The number of nitrogens with zero attached hydrogens (tertiary/aromatic N) is 4. The van der Waals surface area contributed by atoms with Gasteiger partial charge < -0.3 is 9.84 Å². The Kier molecular flexibility index (Phi) is 6.50. The smallest absolute Gasteiger partial charge is 0.313 e. The van der Waals surface area contributed by atoms with E-state index in [4.69, 9.17) is 27.9 Å². The number of thiophene rings is 2. The van der Waals surface area contributed by atoms with Gasteiger partial charge in [-0.2, -0.15) is 0 Å². The summed E-state index contributed by atoms with van der Waals surface area (Å²) in [6.07, 6.45) is 6.66. The number of carbonyl (C=O) groups excluding carboxylic acids is 1. The minimum atomic E-state index is -0.211. The van der Waals surface area contributed by atoms with Crippen LogP contribution in [0, 0.1) is 0 Å². The molecule has 0 spiro atoms. The lowest BCUT2D eigenvalue weighted by atomic mass is 10.0. The highest BCUT2D eigenvalue weighted by Gasteiger charge is 2.34. The predicted octanol–water partition coefficient (Wildman–Crippen LogP) is 5.30. The van der Waals surface area contributed by atoms with Crippen molar-refractivity contribution < 1.29 is 14.6 Å². The van der Waals surface area contributed by atoms with Gasteiger partial charge in [0.1, 0.15) is 32.6 Å². The molecular formula is C22H20Cl2N4O3S2. The lowest BCUT2D eigenvalue weighted by molar-refractivity contribution is -0.144. The molecule has 4 heterocycles. The maximum Gasteiger partial charge on any atom is 0.313 e. The quantitative estimate of drug-likeness (QED) is 0.287. The summed E-state index contributed by atoms with van der Waals surface area (Å²) in [5, 5.41) is 12.0. The molecule has 11 heteroatoms. The molecule has 0 aliphatic heterocycles. The van der Waals surface area contributed by atoms with Crippen LogP contribution in [-0.4, -0.2) is 44.2 Å². The van der Waals surface area contributed by atoms with Crippen LogP contribution < -0.4 is 0 Å². The van der Waals surface area contributed by atoms with E-state index in [1.165, 1.54) is 28.0 Å². The SMILES string of the molecule is CCOC(=O)C1CCc2sc3ncnc(Cl)c3c21.OCC1CCc2sc3ncnc(Cl)c3c21. The number of fused-ring (bicyclic) bond motifs is 6. The van der Waals surface area contributed by atoms with Crippen LogP contribution in [0.5, 0.6) is 0 Å². The molecule has 0 saturated carbocycles. The Hall–Kier alpha value is -1.91. The first-order chi connectivity index (χ1) is 16.0. The molecule has 2 aliphatic carbocycles. The second-order valence-corrected chi connectivity index (χ2v) is 10.7. The van der Waals surface area contributed by atoms with Gasteiger partial charge in [0.05, 0.1) is 29.9 Å². The third-order valence-electron chi connectivity index (χ3n) is 6.04. The van der Waals surface area contributed by atoms with E-state index < -0.39 is 0 Å². The third kappa shape index (κ3) is 4.00. The highest BCUT2D eigenvalue weighted by atomic mass is 35.5. The Bertz CT molecular complexity index is 1360. The lowest BCUT2D eigenvalue weighted by Gasteiger charge is -2.09. The molecule has 4 aromatic rings. The topological polar surface area (TPSA) is 98.1 Å². The molecule has 33 heavy (non-hydrogen) atoms. The molecule has 2 aliphatic rings. The normalized spacial score (nSPS) is 18.8. The van der Waals surface area contributed by atoms with Crippen LogP contribution in [0.3, 0.4) is 0 Å². The Morgan fingerprint density at radius 3 is 2.18 bits per heavy atom. The minimum Gasteiger partial charge on any atom is -0.466 e. The Balaban J connectivity index is 0.000000140. The van der Waals surface area contributed by atoms with Gasteiger partial charge in [-0.15, -0.1) is 22.7 Å². The Labute approximate surface area is 207 Å². The largest absolute Gasteiger partial charge is 0.466 e. The van der Waals surface area contributed by atoms with Gasteiger partial charge >= 0.3 is 5.97 Å². The highest BCUT2D eigenvalue weighted by Crippen LogP contribution is 2.46. The number of rotatable bonds is 3. The second-order valence-electron chi connectivity index (χ2n) is 7.83. The summed E-state index contributed by atoms with van der Waals surface area (Å²) >= 11 is 15.5. The fourth-order valence-corrected chi connectivity index (χ4v) is 7.67. The fraction of sp³-hybridized carbons (Fsp3) is 0.409. The van der Waals surface area contributed by atoms with Gasteiger partial charge in [-0.1, -0.05) is 23.2 Å². The van der Waals surface area contributed by atoms with Gasteiger partial charge in [0.2, 0.25) is 0 Å². The number of aliphatic hydroxyl groups is 1. The van der Waals surface area contributed by atoms with E-state index >= 15 is 0 Å². The number of carbonyl (C=O) groups is 1. The number of halogens is 2. The van der Waals surface area contributed by atoms with Crippen LogP contribution in [0.25, 0.3) is 20.4 Å². The molecule has 2 unspecified atom stereocenters. The van der Waals surface area contributed by atoms with Gasteiger partial charge in [-0.3, -0.25) is 4.79 Å². The maximum atomic E-state index is 12.0. The first kappa shape index (κ1) is 22.9. The summed E-state index contributed by atoms with van der Waals surface area (Å²) in [5.41, 5.74) is 2.17. The maximum absolute atomic E-state index is 12.0. The van der Waals surface area contributed by atoms with Gasteiger partial charge in [0.25, 0.3) is 0 Å². The van der Waals surface area contributed by atoms with Crippen molar-refractivity contribution in [2.45, 2.75) is 44.4 Å². The van der Waals surface area contributed by atoms with Crippen LogP contribution in [0.2, 0.25) is 10.3 Å². The molecule has 0 saturated heterocycles. The molecule has 2 atom stereocenters. The second kappa shape index (κ2) is 9.38. The molecule has 0 aromatic carbocycles. The Morgan fingerprint density at radius 1 is 1.00 bits per heavy atom. The van der Waals surface area contributed by atoms with E-state index in [2.05, 4.69) is 19.9 Å². The van der Waals surface area contributed by atoms with Crippen LogP contribution in [0.4, 0.5) is 0 Å². The standard InChI is InChI=1S/C12H11ClN2O2S.C10H9ClN2OS/c1-2-17-12(16)6-3-4-7-8(6)9-10(13)14-5-15-11(9)18-7;11-9-8-7-5(3-14)1-2-6(7)15-10(8)13-4-12-9/h5-6H,2-4H2,1H3;4-5,14H,1-3H2. The average molecular weight is 523 g/mol. The molecule has 1 N–H and O–H groups in total. The zero-order valence-electron chi connectivity index (χ0n) is 17.7. The van der Waals surface area contributed by atoms with E-state index in [1.807, 2.05) is 6.92 Å². The molecule has 7 nitrogen and oxygen atoms in total. The molecule has 0 fully saturated rings. The van der Waals surface area contributed by atoms with Crippen molar-refractivity contribution in [3.8, 4) is 0 Å². The first-order valence-corrected chi connectivity index (χ1v) is 13.0. The molecule has 0 bridgehead atoms. The van der Waals surface area contributed by atoms with Crippen molar-refractivity contribution in [2.75, 3.05) is 13.2 Å². The van der Waals surface area contributed by atoms with Gasteiger partial charge in [0, 0.05) is 15.7 Å². The lowest BCUT2D eigenvalue weighted by Crippen LogP contribution is -2.13. The minimum absolute atomic E-state index is 0.170. The molecule has 172 valence electrons. The van der Waals surface area contributed by atoms with E-state index in [-0.39, 0.29) is 24.4 Å². The predicted molar refractivity (Wildman–Crippen MR) is 131 cm³/mol. The highest BCUT2D eigenvalue weighted by molar-refractivity contribution is 7.19. The van der Waals surface area contributed by atoms with Crippen molar-refractivity contribution in [1.82, 2.24) is 19.9 Å². The van der Waals surface area contributed by atoms with E-state index in [9.17, 15) is 9.90 Å². The fourth-order valence-electron chi connectivity index (χ4n) is 4.63. The zero-order chi connectivity index (χ0) is 23.1. The number of hydrogen-bond acceptors (Lipinski definition) is 9. The van der Waals surface area contributed by atoms with Crippen LogP contribution in [-0.2, 0) is 22.4 Å². The van der Waals surface area contributed by atoms with E-state index in [1.54, 1.807) is 22.7 Å². The van der Waals surface area contributed by atoms with Crippen molar-refractivity contribution in [2.24, 2.45) is 0 Å². The summed E-state index contributed by atoms with van der Waals surface area (Å²) in [4.78, 5) is 32.7. The van der Waals surface area contributed by atoms with E-state index in [0.29, 0.717) is 16.9 Å². The van der Waals surface area contributed by atoms with Gasteiger partial charge in [0.15, 0.2) is 0 Å². The van der Waals surface area contributed by atoms with Gasteiger partial charge in [-0.25, -0.2) is 19.9 Å². The monoisotopic (exact) mass is 522 g/mol. The number of aryl methyl sites for hydroxylation is 2. The van der Waals surface area contributed by atoms with Crippen molar-refractivity contribution >= 4 is 72.3 Å². The number of aliphatic hydroxyl groups excluding tert-OH is 1. The number of hydrogen-bond donors (Lipinski definition) is 1. The molecular weight excluding hydrogens is 503 g/mol. The molecule has 0 amide bonds. The first-order valence-electron chi connectivity index (χ1n) is 10.6. The van der Waals surface area contributed by atoms with E-state index in [0.717, 1.165) is 51.7 Å². The molecule has 0 radical (unpaired) electrons. The molecule has 4 aromatic heterocycles. The Morgan fingerprint density at radius 2 is 1.58 bits per heavy atom. The summed E-state index contributed by atoms with van der Waals surface area (Å²) < 4.78 is 5.12. The zero-order valence-corrected chi connectivity index (χ0v) is 20.8. The summed E-state index contributed by atoms with van der Waals surface area (Å²) in [7, 11) is 0. The van der Waals surface area contributed by atoms with Crippen LogP contribution in [0.15, 0.2) is 12.7 Å². The van der Waals surface area contributed by atoms with Crippen molar-refractivity contribution in [3.05, 3.63) is 43.8 Å². The van der Waals surface area contributed by atoms with Crippen molar-refractivity contribution in [3.63, 3.8) is 0 Å². The van der Waals surface area contributed by atoms with Crippen molar-refractivity contribution in [1.29, 1.82) is 0 Å². The summed E-state index contributed by atoms with van der Waals surface area (Å²) in [5.74, 6) is -0.162. The average Bonchev–Trinajstić information content (AvgIpc) is 3.53. The number of esters is 1. The number of ether oxygens (including phenoxy) is 1. The van der Waals surface area contributed by atoms with Crippen LogP contribution >= 0.6 is 45.9 Å². The summed E-state index contributed by atoms with van der Waals surface area (Å²) in [6, 6.07) is 0. The van der Waals surface area contributed by atoms with Gasteiger partial charge in [-0.05, 0) is 43.7 Å². The number of aromatic nitrogens is 4. The van der Waals surface area contributed by atoms with Crippen LogP contribution in [0.1, 0.15) is 52.5 Å².